The van der Waals surface area contributed by atoms with Gasteiger partial charge in [-0.15, -0.1) is 0 Å². The maximum absolute atomic E-state index is 12.7. The van der Waals surface area contributed by atoms with Gasteiger partial charge in [0.1, 0.15) is 11.6 Å². The lowest BCUT2D eigenvalue weighted by atomic mass is 10.0. The molecule has 29 heavy (non-hydrogen) atoms. The first-order chi connectivity index (χ1) is 13.8. The molecule has 0 atom stereocenters. The average molecular weight is 385 g/mol. The maximum Gasteiger partial charge on any atom is 0.270 e. The number of aromatic nitrogens is 1. The fourth-order valence-electron chi connectivity index (χ4n) is 3.25. The molecule has 6 heteroatoms. The first-order valence-corrected chi connectivity index (χ1v) is 8.98. The van der Waals surface area contributed by atoms with Gasteiger partial charge in [-0.25, -0.2) is 0 Å². The van der Waals surface area contributed by atoms with E-state index in [1.165, 1.54) is 30.3 Å². The Hall–Kier alpha value is -3.98. The van der Waals surface area contributed by atoms with Crippen molar-refractivity contribution in [1.82, 2.24) is 4.57 Å². The lowest BCUT2D eigenvalue weighted by Gasteiger charge is -2.10. The summed E-state index contributed by atoms with van der Waals surface area (Å²) in [6.07, 6.45) is 1.54. The van der Waals surface area contributed by atoms with Gasteiger partial charge < -0.3 is 4.57 Å². The van der Waals surface area contributed by atoms with Crippen LogP contribution >= 0.6 is 0 Å². The zero-order valence-electron chi connectivity index (χ0n) is 16.3. The van der Waals surface area contributed by atoms with Crippen LogP contribution in [0.5, 0.6) is 0 Å². The predicted octanol–water partition coefficient (Wildman–Crippen LogP) is 5.10. The molecule has 0 saturated carbocycles. The SMILES string of the molecule is Cc1ccc(-n2c(C)cc(/C=C(\C#N)C(=O)c3cccc([N+](=O)[O-])c3)c2C)cc1. The molecule has 0 radical (unpaired) electrons. The number of carbonyl (C=O) groups is 1. The highest BCUT2D eigenvalue weighted by Gasteiger charge is 2.17. The molecule has 0 aliphatic rings. The molecule has 0 aliphatic carbocycles. The number of ketones is 1. The number of nitro groups is 1. The Morgan fingerprint density at radius 3 is 2.41 bits per heavy atom. The number of Topliss-reactive ketones (excluding diaryl/α,β-unsaturated/α-hetero) is 1. The minimum atomic E-state index is -0.568. The predicted molar refractivity (Wildman–Crippen MR) is 111 cm³/mol. The number of nitrogens with zero attached hydrogens (tertiary/aromatic N) is 3. The van der Waals surface area contributed by atoms with E-state index in [4.69, 9.17) is 0 Å². The van der Waals surface area contributed by atoms with E-state index in [1.807, 2.05) is 57.2 Å². The molecule has 0 spiro atoms. The molecule has 0 bridgehead atoms. The Bertz CT molecular complexity index is 1180. The van der Waals surface area contributed by atoms with E-state index in [0.29, 0.717) is 0 Å². The maximum atomic E-state index is 12.7. The van der Waals surface area contributed by atoms with Crippen LogP contribution in [0.4, 0.5) is 5.69 Å². The van der Waals surface area contributed by atoms with Gasteiger partial charge in [-0.3, -0.25) is 14.9 Å². The average Bonchev–Trinajstić information content (AvgIpc) is 2.99. The summed E-state index contributed by atoms with van der Waals surface area (Å²) < 4.78 is 2.05. The fourth-order valence-corrected chi connectivity index (χ4v) is 3.25. The minimum Gasteiger partial charge on any atom is -0.318 e. The van der Waals surface area contributed by atoms with Crippen LogP contribution in [0.25, 0.3) is 11.8 Å². The number of allylic oxidation sites excluding steroid dienone is 1. The molecule has 144 valence electrons. The summed E-state index contributed by atoms with van der Waals surface area (Å²) in [5.74, 6) is -0.545. The summed E-state index contributed by atoms with van der Waals surface area (Å²) in [6.45, 7) is 5.90. The second-order valence-electron chi connectivity index (χ2n) is 6.80. The quantitative estimate of drug-likeness (QED) is 0.201. The Morgan fingerprint density at radius 2 is 1.79 bits per heavy atom. The number of nitro benzene ring substituents is 1. The van der Waals surface area contributed by atoms with Crippen LogP contribution in [-0.4, -0.2) is 15.3 Å². The third-order valence-electron chi connectivity index (χ3n) is 4.75. The fraction of sp³-hybridized carbons (Fsp3) is 0.130. The number of carbonyl (C=O) groups excluding carboxylic acids is 1. The first-order valence-electron chi connectivity index (χ1n) is 8.98. The van der Waals surface area contributed by atoms with E-state index >= 15 is 0 Å². The van der Waals surface area contributed by atoms with Crippen molar-refractivity contribution in [3.63, 3.8) is 0 Å². The van der Waals surface area contributed by atoms with E-state index in [2.05, 4.69) is 4.57 Å². The summed E-state index contributed by atoms with van der Waals surface area (Å²) in [4.78, 5) is 23.1. The number of nitriles is 1. The van der Waals surface area contributed by atoms with E-state index in [0.717, 1.165) is 28.2 Å². The lowest BCUT2D eigenvalue weighted by Crippen LogP contribution is -2.03. The number of rotatable bonds is 5. The Balaban J connectivity index is 2.02. The molecule has 1 heterocycles. The largest absolute Gasteiger partial charge is 0.318 e. The second kappa shape index (κ2) is 7.95. The Morgan fingerprint density at radius 1 is 1.10 bits per heavy atom. The van der Waals surface area contributed by atoms with E-state index in [-0.39, 0.29) is 16.8 Å². The van der Waals surface area contributed by atoms with Crippen molar-refractivity contribution in [2.75, 3.05) is 0 Å². The Labute approximate surface area is 168 Å². The van der Waals surface area contributed by atoms with Gasteiger partial charge in [-0.2, -0.15) is 5.26 Å². The topological polar surface area (TPSA) is 88.9 Å². The summed E-state index contributed by atoms with van der Waals surface area (Å²) in [5.41, 5.74) is 4.61. The number of hydrogen-bond acceptors (Lipinski definition) is 4. The molecular weight excluding hydrogens is 366 g/mol. The van der Waals surface area contributed by atoms with E-state index < -0.39 is 10.7 Å². The van der Waals surface area contributed by atoms with Crippen molar-refractivity contribution in [2.24, 2.45) is 0 Å². The van der Waals surface area contributed by atoms with Gasteiger partial charge in [0.2, 0.25) is 5.78 Å². The summed E-state index contributed by atoms with van der Waals surface area (Å²) in [5, 5.41) is 20.5. The van der Waals surface area contributed by atoms with Gasteiger partial charge in [-0.05, 0) is 50.6 Å². The van der Waals surface area contributed by atoms with Crippen molar-refractivity contribution in [2.45, 2.75) is 20.8 Å². The van der Waals surface area contributed by atoms with Crippen molar-refractivity contribution in [3.05, 3.63) is 98.4 Å². The summed E-state index contributed by atoms with van der Waals surface area (Å²) in [6, 6.07) is 17.3. The van der Waals surface area contributed by atoms with Gasteiger partial charge in [0.15, 0.2) is 0 Å². The van der Waals surface area contributed by atoms with Crippen LogP contribution < -0.4 is 0 Å². The highest BCUT2D eigenvalue weighted by Crippen LogP contribution is 2.24. The van der Waals surface area contributed by atoms with E-state index in [9.17, 15) is 20.2 Å². The zero-order valence-corrected chi connectivity index (χ0v) is 16.3. The molecule has 3 aromatic rings. The van der Waals surface area contributed by atoms with Crippen LogP contribution in [0.1, 0.15) is 32.9 Å². The first kappa shape index (κ1) is 19.8. The van der Waals surface area contributed by atoms with Crippen molar-refractivity contribution >= 4 is 17.5 Å². The van der Waals surface area contributed by atoms with Gasteiger partial charge in [0.25, 0.3) is 5.69 Å². The molecule has 0 aliphatic heterocycles. The van der Waals surface area contributed by atoms with Crippen LogP contribution in [0.15, 0.2) is 60.2 Å². The Kier molecular flexibility index (Phi) is 5.42. The van der Waals surface area contributed by atoms with Crippen LogP contribution in [-0.2, 0) is 0 Å². The smallest absolute Gasteiger partial charge is 0.270 e. The highest BCUT2D eigenvalue weighted by molar-refractivity contribution is 6.14. The molecular formula is C23H19N3O3. The molecule has 0 N–H and O–H groups in total. The van der Waals surface area contributed by atoms with Gasteiger partial charge in [0, 0.05) is 34.8 Å². The van der Waals surface area contributed by atoms with Gasteiger partial charge in [-0.1, -0.05) is 29.8 Å². The molecule has 0 saturated heterocycles. The van der Waals surface area contributed by atoms with Crippen molar-refractivity contribution < 1.29 is 9.72 Å². The van der Waals surface area contributed by atoms with Gasteiger partial charge >= 0.3 is 0 Å². The van der Waals surface area contributed by atoms with Gasteiger partial charge in [0.05, 0.1) is 4.92 Å². The number of non-ortho nitro benzene ring substituents is 1. The highest BCUT2D eigenvalue weighted by atomic mass is 16.6. The van der Waals surface area contributed by atoms with Crippen molar-refractivity contribution in [1.29, 1.82) is 5.26 Å². The summed E-state index contributed by atoms with van der Waals surface area (Å²) in [7, 11) is 0. The second-order valence-corrected chi connectivity index (χ2v) is 6.80. The van der Waals surface area contributed by atoms with Crippen molar-refractivity contribution in [3.8, 4) is 11.8 Å². The third-order valence-corrected chi connectivity index (χ3v) is 4.75. The molecule has 1 aromatic heterocycles. The molecule has 2 aromatic carbocycles. The molecule has 6 nitrogen and oxygen atoms in total. The zero-order chi connectivity index (χ0) is 21.1. The van der Waals surface area contributed by atoms with Crippen LogP contribution in [0.2, 0.25) is 0 Å². The monoisotopic (exact) mass is 385 g/mol. The standard InChI is InChI=1S/C23H19N3O3/c1-15-7-9-21(10-8-15)25-16(2)11-19(17(25)3)12-20(14-24)23(27)18-5-4-6-22(13-18)26(28)29/h4-13H,1-3H3/b20-12+. The molecule has 3 rings (SSSR count). The number of benzene rings is 2. The number of hydrogen-bond donors (Lipinski definition) is 0. The molecule has 0 unspecified atom stereocenters. The number of aryl methyl sites for hydroxylation is 2. The third kappa shape index (κ3) is 3.99. The van der Waals surface area contributed by atoms with E-state index in [1.54, 1.807) is 0 Å². The van der Waals surface area contributed by atoms with Crippen LogP contribution in [0, 0.1) is 42.2 Å². The minimum absolute atomic E-state index is 0.0744. The normalized spacial score (nSPS) is 11.2. The molecule has 0 fully saturated rings. The summed E-state index contributed by atoms with van der Waals surface area (Å²) >= 11 is 0. The van der Waals surface area contributed by atoms with Crippen LogP contribution in [0.3, 0.4) is 0 Å². The molecule has 0 amide bonds. The lowest BCUT2D eigenvalue weighted by molar-refractivity contribution is -0.384.